The zero-order chi connectivity index (χ0) is 7.84. The van der Waals surface area contributed by atoms with Crippen molar-refractivity contribution in [2.75, 3.05) is 0 Å². The predicted molar refractivity (Wildman–Crippen MR) is 47.3 cm³/mol. The summed E-state index contributed by atoms with van der Waals surface area (Å²) >= 11 is 0. The maximum atomic E-state index is 3.22. The summed E-state index contributed by atoms with van der Waals surface area (Å²) in [4.78, 5) is 0. The Labute approximate surface area is 117 Å². The Bertz CT molecular complexity index is 332. The van der Waals surface area contributed by atoms with Crippen molar-refractivity contribution in [2.45, 2.75) is 20.3 Å². The number of benzene rings is 1. The predicted octanol–water partition coefficient (Wildman–Crippen LogP) is -3.32. The molecule has 0 N–H and O–H groups in total. The van der Waals surface area contributed by atoms with Crippen molar-refractivity contribution in [3.05, 3.63) is 40.5 Å². The van der Waals surface area contributed by atoms with E-state index in [1.807, 2.05) is 0 Å². The first-order valence-corrected chi connectivity index (χ1v) is 3.94. The smallest absolute Gasteiger partial charge is 1.00 e. The van der Waals surface area contributed by atoms with Crippen LogP contribution in [-0.4, -0.2) is 0 Å². The number of hydrogen-bond donors (Lipinski definition) is 0. The molecule has 73 valence electrons. The number of allylic oxidation sites excluding steroid dienone is 1. The van der Waals surface area contributed by atoms with Gasteiger partial charge < -0.3 is 24.8 Å². The Kier molecular flexibility index (Phi) is 8.21. The van der Waals surface area contributed by atoms with E-state index in [9.17, 15) is 0 Å². The topological polar surface area (TPSA) is 0 Å². The van der Waals surface area contributed by atoms with Gasteiger partial charge in [0.25, 0.3) is 0 Å². The van der Waals surface area contributed by atoms with Gasteiger partial charge in [0, 0.05) is 0 Å². The van der Waals surface area contributed by atoms with Crippen molar-refractivity contribution in [3.63, 3.8) is 0 Å². The number of halogens is 2. The second-order valence-corrected chi connectivity index (χ2v) is 3.16. The van der Waals surface area contributed by atoms with Gasteiger partial charge in [-0.2, -0.15) is 5.56 Å². The maximum absolute atomic E-state index is 3.22. The van der Waals surface area contributed by atoms with Crippen LogP contribution >= 0.6 is 0 Å². The Hall–Kier alpha value is 0.423. The molecule has 3 heteroatoms. The zero-order valence-electron chi connectivity index (χ0n) is 8.20. The molecule has 0 bridgehead atoms. The van der Waals surface area contributed by atoms with Gasteiger partial charge in [-0.1, -0.05) is 17.2 Å². The van der Waals surface area contributed by atoms with Crippen LogP contribution in [0.25, 0.3) is 6.08 Å². The van der Waals surface area contributed by atoms with Gasteiger partial charge in [-0.25, -0.2) is 6.08 Å². The van der Waals surface area contributed by atoms with Crippen molar-refractivity contribution in [2.24, 2.45) is 0 Å². The van der Waals surface area contributed by atoms with Crippen LogP contribution < -0.4 is 24.8 Å². The largest absolute Gasteiger partial charge is 3.00 e. The van der Waals surface area contributed by atoms with E-state index in [4.69, 9.17) is 0 Å². The average Bonchev–Trinajstić information content (AvgIpc) is 2.36. The van der Waals surface area contributed by atoms with E-state index in [1.54, 1.807) is 0 Å². The number of fused-ring (bicyclic) bond motifs is 1. The second-order valence-electron chi connectivity index (χ2n) is 3.16. The molecule has 1 aliphatic carbocycles. The third kappa shape index (κ3) is 3.22. The molecule has 2 rings (SSSR count). The van der Waals surface area contributed by atoms with Crippen molar-refractivity contribution < 1.29 is 51.0 Å². The van der Waals surface area contributed by atoms with E-state index < -0.39 is 0 Å². The van der Waals surface area contributed by atoms with Gasteiger partial charge in [-0.05, 0) is 13.8 Å². The van der Waals surface area contributed by atoms with Crippen molar-refractivity contribution in [3.8, 4) is 0 Å². The molecule has 14 heavy (non-hydrogen) atoms. The van der Waals surface area contributed by atoms with Gasteiger partial charge in [0.2, 0.25) is 0 Å². The minimum atomic E-state index is 0. The molecule has 0 nitrogen and oxygen atoms in total. The fourth-order valence-electron chi connectivity index (χ4n) is 1.46. The minimum Gasteiger partial charge on any atom is -1.00 e. The zero-order valence-corrected chi connectivity index (χ0v) is 12.2. The monoisotopic (exact) mass is 303 g/mol. The number of rotatable bonds is 0. The fraction of sp³-hybridized carbons (Fsp3) is 0.273. The molecule has 0 saturated carbocycles. The summed E-state index contributed by atoms with van der Waals surface area (Å²) in [6.45, 7) is 4.32. The third-order valence-electron chi connectivity index (χ3n) is 2.31. The van der Waals surface area contributed by atoms with Crippen LogP contribution in [0.3, 0.4) is 0 Å². The first-order valence-electron chi connectivity index (χ1n) is 3.94. The van der Waals surface area contributed by atoms with Crippen molar-refractivity contribution in [1.29, 1.82) is 0 Å². The average molecular weight is 305 g/mol. The molecule has 0 fully saturated rings. The molecular weight excluding hydrogens is 294 g/mol. The van der Waals surface area contributed by atoms with Gasteiger partial charge in [-0.3, -0.25) is 6.08 Å². The molecule has 0 aromatic heterocycles. The van der Waals surface area contributed by atoms with Crippen LogP contribution in [0.5, 0.6) is 0 Å². The molecule has 0 saturated heterocycles. The maximum Gasteiger partial charge on any atom is 3.00 e. The Balaban J connectivity index is 0. The van der Waals surface area contributed by atoms with Gasteiger partial charge in [0.15, 0.2) is 0 Å². The van der Waals surface area contributed by atoms with Gasteiger partial charge in [0.1, 0.15) is 0 Å². The first-order chi connectivity index (χ1) is 5.27. The summed E-state index contributed by atoms with van der Waals surface area (Å²) in [5.41, 5.74) is 5.55. The molecule has 0 aliphatic heterocycles. The Morgan fingerprint density at radius 2 is 1.64 bits per heavy atom. The van der Waals surface area contributed by atoms with E-state index >= 15 is 0 Å². The SMILES string of the molecule is Cc1cc2c(cc1C)C[C-]=C2.[Cl-].[Cl-].[Zr+3]. The summed E-state index contributed by atoms with van der Waals surface area (Å²) in [7, 11) is 0. The van der Waals surface area contributed by atoms with E-state index in [0.29, 0.717) is 0 Å². The van der Waals surface area contributed by atoms with Gasteiger partial charge in [-0.15, -0.1) is 18.1 Å². The molecule has 1 radical (unpaired) electrons. The summed E-state index contributed by atoms with van der Waals surface area (Å²) in [6.07, 6.45) is 6.30. The van der Waals surface area contributed by atoms with Crippen LogP contribution in [0, 0.1) is 19.9 Å². The van der Waals surface area contributed by atoms with Crippen LogP contribution in [0.15, 0.2) is 12.1 Å². The molecule has 0 atom stereocenters. The minimum absolute atomic E-state index is 0. The van der Waals surface area contributed by atoms with E-state index in [2.05, 4.69) is 38.1 Å². The summed E-state index contributed by atoms with van der Waals surface area (Å²) in [5, 5.41) is 0. The van der Waals surface area contributed by atoms with Crippen LogP contribution in [0.4, 0.5) is 0 Å². The van der Waals surface area contributed by atoms with E-state index in [0.717, 1.165) is 6.42 Å². The van der Waals surface area contributed by atoms with Crippen LogP contribution in [0.1, 0.15) is 22.3 Å². The molecule has 1 aromatic carbocycles. The van der Waals surface area contributed by atoms with E-state index in [-0.39, 0.29) is 51.0 Å². The molecule has 0 amide bonds. The molecule has 0 spiro atoms. The Morgan fingerprint density at radius 1 is 1.07 bits per heavy atom. The van der Waals surface area contributed by atoms with Crippen molar-refractivity contribution in [1.82, 2.24) is 0 Å². The van der Waals surface area contributed by atoms with Gasteiger partial charge >= 0.3 is 26.2 Å². The third-order valence-corrected chi connectivity index (χ3v) is 2.31. The summed E-state index contributed by atoms with van der Waals surface area (Å²) in [6, 6.07) is 4.51. The number of aryl methyl sites for hydroxylation is 2. The fourth-order valence-corrected chi connectivity index (χ4v) is 1.46. The summed E-state index contributed by atoms with van der Waals surface area (Å²) < 4.78 is 0. The standard InChI is InChI=1S/C11H11.2ClH.Zr/c1-8-6-10-4-3-5-11(10)7-9(8)2;;;/h4,6-7H,5H2,1-2H3;2*1H;/q-1;;;+3/p-2. The molecule has 1 aliphatic rings. The number of hydrogen-bond acceptors (Lipinski definition) is 0. The second kappa shape index (κ2) is 6.82. The molecule has 0 heterocycles. The molecular formula is C11H11Cl2Zr. The van der Waals surface area contributed by atoms with Crippen molar-refractivity contribution >= 4 is 6.08 Å². The Morgan fingerprint density at radius 3 is 2.29 bits per heavy atom. The van der Waals surface area contributed by atoms with E-state index in [1.165, 1.54) is 22.3 Å². The molecule has 1 aromatic rings. The summed E-state index contributed by atoms with van der Waals surface area (Å²) in [5.74, 6) is 0. The molecule has 0 unspecified atom stereocenters. The normalized spacial score (nSPS) is 10.7. The van der Waals surface area contributed by atoms with Crippen LogP contribution in [0.2, 0.25) is 0 Å². The quantitative estimate of drug-likeness (QED) is 0.440. The van der Waals surface area contributed by atoms with Gasteiger partial charge in [0.05, 0.1) is 0 Å². The van der Waals surface area contributed by atoms with Crippen LogP contribution in [-0.2, 0) is 32.6 Å². The first kappa shape index (κ1) is 16.8.